The molecule has 4 nitrogen and oxygen atoms in total. The summed E-state index contributed by atoms with van der Waals surface area (Å²) in [4.78, 5) is 21.9. The van der Waals surface area contributed by atoms with Gasteiger partial charge < -0.3 is 4.74 Å². The number of ether oxygens (including phenoxy) is 1. The number of esters is 1. The molecule has 0 saturated carbocycles. The van der Waals surface area contributed by atoms with Gasteiger partial charge in [-0.2, -0.15) is 0 Å². The second-order valence-electron chi connectivity index (χ2n) is 4.04. The van der Waals surface area contributed by atoms with Crippen LogP contribution in [-0.2, 0) is 16.0 Å². The van der Waals surface area contributed by atoms with Gasteiger partial charge >= 0.3 is 5.97 Å². The molecule has 0 fully saturated rings. The zero-order valence-corrected chi connectivity index (χ0v) is 11.5. The predicted octanol–water partition coefficient (Wildman–Crippen LogP) is 2.86. The van der Waals surface area contributed by atoms with Gasteiger partial charge in [-0.1, -0.05) is 0 Å². The Bertz CT molecular complexity index is 563. The summed E-state index contributed by atoms with van der Waals surface area (Å²) in [7, 11) is 0. The van der Waals surface area contributed by atoms with E-state index in [-0.39, 0.29) is 11.9 Å². The maximum absolute atomic E-state index is 11.8. The molecule has 94 valence electrons. The molecule has 3 rings (SSSR count). The van der Waals surface area contributed by atoms with Crippen molar-refractivity contribution in [2.75, 3.05) is 6.61 Å². The van der Waals surface area contributed by atoms with Crippen molar-refractivity contribution in [1.82, 2.24) is 9.97 Å². The Kier molecular flexibility index (Phi) is 3.13. The second kappa shape index (κ2) is 4.78. The fraction of sp³-hybridized carbons (Fsp3) is 0.417. The third-order valence-corrected chi connectivity index (χ3v) is 4.68. The number of nitrogens with zero attached hydrogens (tertiary/aromatic N) is 2. The minimum Gasteiger partial charge on any atom is -0.465 e. The Hall–Kier alpha value is -1.27. The van der Waals surface area contributed by atoms with E-state index in [9.17, 15) is 4.79 Å². The Labute approximate surface area is 113 Å². The van der Waals surface area contributed by atoms with E-state index < -0.39 is 0 Å². The molecular formula is C12H12N2O2S2. The summed E-state index contributed by atoms with van der Waals surface area (Å²) in [5.41, 5.74) is 3.61. The van der Waals surface area contributed by atoms with E-state index >= 15 is 0 Å². The molecule has 2 aromatic rings. The highest BCUT2D eigenvalue weighted by atomic mass is 32.1. The van der Waals surface area contributed by atoms with Crippen molar-refractivity contribution < 1.29 is 9.53 Å². The van der Waals surface area contributed by atoms with Crippen molar-refractivity contribution in [3.8, 4) is 10.7 Å². The van der Waals surface area contributed by atoms with Gasteiger partial charge in [0.2, 0.25) is 0 Å². The number of aryl methyl sites for hydroxylation is 1. The lowest BCUT2D eigenvalue weighted by Gasteiger charge is -2.07. The quantitative estimate of drug-likeness (QED) is 0.811. The van der Waals surface area contributed by atoms with Crippen LogP contribution in [0.1, 0.15) is 29.8 Å². The molecular weight excluding hydrogens is 268 g/mol. The standard InChI is InChI=1S/C12H12N2O2S2/c1-2-16-12(15)7-3-4-9-10(7)14-11(18-9)8-5-17-6-13-8/h5-7H,2-4H2,1H3. The minimum atomic E-state index is -0.177. The molecule has 1 aliphatic rings. The molecule has 18 heavy (non-hydrogen) atoms. The van der Waals surface area contributed by atoms with Gasteiger partial charge in [0.05, 0.1) is 17.8 Å². The van der Waals surface area contributed by atoms with Gasteiger partial charge in [-0.05, 0) is 19.8 Å². The van der Waals surface area contributed by atoms with Gasteiger partial charge in [0.1, 0.15) is 16.6 Å². The van der Waals surface area contributed by atoms with Gasteiger partial charge in [-0.3, -0.25) is 4.79 Å². The first-order chi connectivity index (χ1) is 8.79. The van der Waals surface area contributed by atoms with E-state index in [1.54, 1.807) is 28.2 Å². The highest BCUT2D eigenvalue weighted by Crippen LogP contribution is 2.40. The minimum absolute atomic E-state index is 0.147. The summed E-state index contributed by atoms with van der Waals surface area (Å²) < 4.78 is 5.09. The number of thiazole rings is 2. The highest BCUT2D eigenvalue weighted by molar-refractivity contribution is 7.15. The second-order valence-corrected chi connectivity index (χ2v) is 5.85. The molecule has 1 aliphatic carbocycles. The number of aromatic nitrogens is 2. The zero-order chi connectivity index (χ0) is 12.5. The van der Waals surface area contributed by atoms with Crippen molar-refractivity contribution >= 4 is 28.6 Å². The molecule has 6 heteroatoms. The first-order valence-electron chi connectivity index (χ1n) is 5.84. The predicted molar refractivity (Wildman–Crippen MR) is 70.9 cm³/mol. The third-order valence-electron chi connectivity index (χ3n) is 2.94. The molecule has 0 aliphatic heterocycles. The molecule has 0 saturated heterocycles. The van der Waals surface area contributed by atoms with Gasteiger partial charge in [0.25, 0.3) is 0 Å². The zero-order valence-electron chi connectivity index (χ0n) is 9.88. The first-order valence-corrected chi connectivity index (χ1v) is 7.60. The van der Waals surface area contributed by atoms with E-state index in [0.717, 1.165) is 29.2 Å². The van der Waals surface area contributed by atoms with Crippen LogP contribution in [0.5, 0.6) is 0 Å². The summed E-state index contributed by atoms with van der Waals surface area (Å²) in [6.45, 7) is 2.25. The van der Waals surface area contributed by atoms with Crippen LogP contribution in [0.4, 0.5) is 0 Å². The number of hydrogen-bond donors (Lipinski definition) is 0. The number of rotatable bonds is 3. The van der Waals surface area contributed by atoms with E-state index in [1.165, 1.54) is 4.88 Å². The molecule has 2 aromatic heterocycles. The maximum atomic E-state index is 11.8. The fourth-order valence-corrected chi connectivity index (χ4v) is 3.84. The number of carbonyl (C=O) groups excluding carboxylic acids is 1. The summed E-state index contributed by atoms with van der Waals surface area (Å²) in [5.74, 6) is -0.324. The van der Waals surface area contributed by atoms with Gasteiger partial charge in [0.15, 0.2) is 0 Å². The Morgan fingerprint density at radius 3 is 3.22 bits per heavy atom. The smallest absolute Gasteiger partial charge is 0.315 e. The van der Waals surface area contributed by atoms with E-state index in [2.05, 4.69) is 9.97 Å². The highest BCUT2D eigenvalue weighted by Gasteiger charge is 2.33. The van der Waals surface area contributed by atoms with Gasteiger partial charge in [-0.25, -0.2) is 9.97 Å². The monoisotopic (exact) mass is 280 g/mol. The Morgan fingerprint density at radius 2 is 2.50 bits per heavy atom. The van der Waals surface area contributed by atoms with Gasteiger partial charge in [-0.15, -0.1) is 22.7 Å². The van der Waals surface area contributed by atoms with Crippen LogP contribution >= 0.6 is 22.7 Å². The number of carbonyl (C=O) groups is 1. The van der Waals surface area contributed by atoms with Crippen LogP contribution in [0.3, 0.4) is 0 Å². The Balaban J connectivity index is 1.90. The molecule has 0 aromatic carbocycles. The summed E-state index contributed by atoms with van der Waals surface area (Å²) in [6.07, 6.45) is 1.74. The average Bonchev–Trinajstić information content (AvgIpc) is 3.04. The van der Waals surface area contributed by atoms with Crippen LogP contribution in [0, 0.1) is 0 Å². The molecule has 0 N–H and O–H groups in total. The van der Waals surface area contributed by atoms with Crippen molar-refractivity contribution in [2.24, 2.45) is 0 Å². The van der Waals surface area contributed by atoms with E-state index in [4.69, 9.17) is 4.74 Å². The summed E-state index contributed by atoms with van der Waals surface area (Å²) in [6, 6.07) is 0. The van der Waals surface area contributed by atoms with Crippen molar-refractivity contribution in [2.45, 2.75) is 25.7 Å². The average molecular weight is 280 g/mol. The van der Waals surface area contributed by atoms with Gasteiger partial charge in [0, 0.05) is 10.3 Å². The lowest BCUT2D eigenvalue weighted by Crippen LogP contribution is -2.14. The number of hydrogen-bond acceptors (Lipinski definition) is 6. The van der Waals surface area contributed by atoms with Crippen LogP contribution in [0.2, 0.25) is 0 Å². The van der Waals surface area contributed by atoms with Crippen LogP contribution < -0.4 is 0 Å². The summed E-state index contributed by atoms with van der Waals surface area (Å²) >= 11 is 3.20. The van der Waals surface area contributed by atoms with E-state index in [1.807, 2.05) is 12.3 Å². The maximum Gasteiger partial charge on any atom is 0.315 e. The molecule has 0 spiro atoms. The SMILES string of the molecule is CCOC(=O)C1CCc2sc(-c3cscn3)nc21. The van der Waals surface area contributed by atoms with Crippen LogP contribution in [0.25, 0.3) is 10.7 Å². The molecule has 2 heterocycles. The molecule has 1 atom stereocenters. The lowest BCUT2D eigenvalue weighted by molar-refractivity contribution is -0.145. The Morgan fingerprint density at radius 1 is 1.61 bits per heavy atom. The van der Waals surface area contributed by atoms with Crippen LogP contribution in [0.15, 0.2) is 10.9 Å². The molecule has 0 bridgehead atoms. The number of fused-ring (bicyclic) bond motifs is 1. The van der Waals surface area contributed by atoms with Crippen LogP contribution in [-0.4, -0.2) is 22.5 Å². The first kappa shape index (κ1) is 11.8. The topological polar surface area (TPSA) is 52.1 Å². The van der Waals surface area contributed by atoms with Crippen molar-refractivity contribution in [3.63, 3.8) is 0 Å². The fourth-order valence-electron chi connectivity index (χ4n) is 2.13. The third kappa shape index (κ3) is 1.95. The lowest BCUT2D eigenvalue weighted by atomic mass is 10.1. The summed E-state index contributed by atoms with van der Waals surface area (Å²) in [5, 5.41) is 2.89. The molecule has 0 radical (unpaired) electrons. The van der Waals surface area contributed by atoms with Crippen molar-refractivity contribution in [1.29, 1.82) is 0 Å². The molecule has 0 amide bonds. The molecule has 1 unspecified atom stereocenters. The largest absolute Gasteiger partial charge is 0.465 e. The van der Waals surface area contributed by atoms with E-state index in [0.29, 0.717) is 6.61 Å². The normalized spacial score (nSPS) is 17.7. The van der Waals surface area contributed by atoms with Crippen molar-refractivity contribution in [3.05, 3.63) is 21.5 Å².